The number of carbonyl (C=O) groups excluding carboxylic acids is 1. The van der Waals surface area contributed by atoms with Gasteiger partial charge in [-0.1, -0.05) is 0 Å². The van der Waals surface area contributed by atoms with E-state index in [0.717, 1.165) is 5.56 Å². The van der Waals surface area contributed by atoms with Gasteiger partial charge in [-0.2, -0.15) is 0 Å². The minimum Gasteiger partial charge on any atom is -0.462 e. The molecule has 0 saturated carbocycles. The largest absolute Gasteiger partial charge is 0.462 e. The van der Waals surface area contributed by atoms with Gasteiger partial charge >= 0.3 is 13.6 Å². The number of ether oxygens (including phenoxy) is 3. The maximum atomic E-state index is 12.2. The van der Waals surface area contributed by atoms with Crippen molar-refractivity contribution in [2.75, 3.05) is 39.4 Å². The van der Waals surface area contributed by atoms with Gasteiger partial charge in [-0.25, -0.2) is 4.79 Å². The van der Waals surface area contributed by atoms with E-state index in [2.05, 4.69) is 4.98 Å². The summed E-state index contributed by atoms with van der Waals surface area (Å²) < 4.78 is 38.1. The third-order valence-corrected chi connectivity index (χ3v) is 4.65. The highest BCUT2D eigenvalue weighted by Gasteiger charge is 2.23. The topological polar surface area (TPSA) is 93.2 Å². The zero-order valence-electron chi connectivity index (χ0n) is 14.9. The Labute approximate surface area is 148 Å². The number of hydrogen-bond acceptors (Lipinski definition) is 8. The zero-order valence-corrected chi connectivity index (χ0v) is 15.8. The van der Waals surface area contributed by atoms with Crippen LogP contribution in [0.1, 0.15) is 36.7 Å². The molecule has 0 aliphatic carbocycles. The first-order valence-electron chi connectivity index (χ1n) is 8.19. The summed E-state index contributed by atoms with van der Waals surface area (Å²) in [5.74, 6) is -0.414. The van der Waals surface area contributed by atoms with Crippen LogP contribution < -0.4 is 0 Å². The molecule has 1 aromatic heterocycles. The lowest BCUT2D eigenvalue weighted by Gasteiger charge is -2.16. The fourth-order valence-corrected chi connectivity index (χ4v) is 3.25. The van der Waals surface area contributed by atoms with E-state index < -0.39 is 13.6 Å². The maximum Gasteiger partial charge on any atom is 0.356 e. The Kier molecular flexibility index (Phi) is 10.5. The van der Waals surface area contributed by atoms with Crippen LogP contribution in [0.5, 0.6) is 0 Å². The Balaban J connectivity index is 2.30. The van der Waals surface area contributed by atoms with E-state index in [-0.39, 0.29) is 19.6 Å². The van der Waals surface area contributed by atoms with Crippen molar-refractivity contribution in [1.29, 1.82) is 0 Å². The molecule has 0 spiro atoms. The van der Waals surface area contributed by atoms with Gasteiger partial charge in [-0.3, -0.25) is 9.55 Å². The minimum absolute atomic E-state index is 0.113. The SMILES string of the molecule is CCOC(=O)c1cncc(COCCOCP(=O)(OCC)OCC)c1. The van der Waals surface area contributed by atoms with Gasteiger partial charge in [0.1, 0.15) is 6.35 Å². The lowest BCUT2D eigenvalue weighted by molar-refractivity contribution is 0.0473. The zero-order chi connectivity index (χ0) is 18.5. The van der Waals surface area contributed by atoms with Crippen molar-refractivity contribution in [2.24, 2.45) is 0 Å². The fraction of sp³-hybridized carbons (Fsp3) is 0.625. The van der Waals surface area contributed by atoms with Gasteiger partial charge in [0.2, 0.25) is 0 Å². The predicted molar refractivity (Wildman–Crippen MR) is 91.5 cm³/mol. The van der Waals surface area contributed by atoms with Gasteiger partial charge in [0.15, 0.2) is 0 Å². The Morgan fingerprint density at radius 1 is 1.04 bits per heavy atom. The molecule has 0 atom stereocenters. The predicted octanol–water partition coefficient (Wildman–Crippen LogP) is 3.02. The second-order valence-electron chi connectivity index (χ2n) is 4.84. The lowest BCUT2D eigenvalue weighted by Crippen LogP contribution is -2.09. The van der Waals surface area contributed by atoms with Gasteiger partial charge in [-0.05, 0) is 32.4 Å². The summed E-state index contributed by atoms with van der Waals surface area (Å²) in [5, 5.41) is 0. The van der Waals surface area contributed by atoms with Crippen LogP contribution in [0, 0.1) is 0 Å². The highest BCUT2D eigenvalue weighted by Crippen LogP contribution is 2.47. The lowest BCUT2D eigenvalue weighted by atomic mass is 10.2. The quantitative estimate of drug-likeness (QED) is 0.295. The molecular formula is C16H26NO7P. The summed E-state index contributed by atoms with van der Waals surface area (Å²) in [7, 11) is -3.19. The summed E-state index contributed by atoms with van der Waals surface area (Å²) in [6.45, 7) is 6.94. The van der Waals surface area contributed by atoms with E-state index in [4.69, 9.17) is 23.3 Å². The number of nitrogens with zero attached hydrogens (tertiary/aromatic N) is 1. The summed E-state index contributed by atoms with van der Waals surface area (Å²) >= 11 is 0. The van der Waals surface area contributed by atoms with Crippen LogP contribution in [-0.2, 0) is 34.4 Å². The molecule has 0 aromatic carbocycles. The van der Waals surface area contributed by atoms with E-state index >= 15 is 0 Å². The van der Waals surface area contributed by atoms with E-state index in [9.17, 15) is 9.36 Å². The number of carbonyl (C=O) groups is 1. The standard InChI is InChI=1S/C16H26NO7P/c1-4-22-16(18)15-9-14(10-17-11-15)12-20-7-8-21-13-25(19,23-5-2)24-6-3/h9-11H,4-8,12-13H2,1-3H3. The van der Waals surface area contributed by atoms with Crippen molar-refractivity contribution in [3.8, 4) is 0 Å². The smallest absolute Gasteiger partial charge is 0.356 e. The average Bonchev–Trinajstić information content (AvgIpc) is 2.59. The maximum absolute atomic E-state index is 12.2. The minimum atomic E-state index is -3.19. The van der Waals surface area contributed by atoms with Crippen LogP contribution in [0.25, 0.3) is 0 Å². The molecule has 25 heavy (non-hydrogen) atoms. The van der Waals surface area contributed by atoms with Crippen molar-refractivity contribution in [3.05, 3.63) is 29.6 Å². The van der Waals surface area contributed by atoms with E-state index in [1.54, 1.807) is 33.0 Å². The second-order valence-corrected chi connectivity index (χ2v) is 6.84. The summed E-state index contributed by atoms with van der Waals surface area (Å²) in [6, 6.07) is 1.67. The van der Waals surface area contributed by atoms with Crippen molar-refractivity contribution in [1.82, 2.24) is 4.98 Å². The Morgan fingerprint density at radius 3 is 2.36 bits per heavy atom. The summed E-state index contributed by atoms with van der Waals surface area (Å²) in [5.41, 5.74) is 1.13. The van der Waals surface area contributed by atoms with Crippen LogP contribution >= 0.6 is 7.60 Å². The van der Waals surface area contributed by atoms with Gasteiger partial charge < -0.3 is 23.3 Å². The van der Waals surface area contributed by atoms with Gasteiger partial charge in [0.25, 0.3) is 0 Å². The van der Waals surface area contributed by atoms with Crippen LogP contribution in [0.15, 0.2) is 18.5 Å². The third kappa shape index (κ3) is 8.56. The molecule has 0 radical (unpaired) electrons. The molecule has 1 heterocycles. The first-order valence-corrected chi connectivity index (χ1v) is 9.92. The monoisotopic (exact) mass is 375 g/mol. The van der Waals surface area contributed by atoms with Crippen LogP contribution in [0.2, 0.25) is 0 Å². The molecule has 0 bridgehead atoms. The normalized spacial score (nSPS) is 11.5. The molecule has 0 aliphatic rings. The Bertz CT molecular complexity index is 557. The molecule has 9 heteroatoms. The molecule has 0 aliphatic heterocycles. The molecular weight excluding hydrogens is 349 g/mol. The van der Waals surface area contributed by atoms with Crippen molar-refractivity contribution in [2.45, 2.75) is 27.4 Å². The number of rotatable bonds is 13. The first kappa shape index (κ1) is 21.7. The molecule has 0 N–H and O–H groups in total. The first-order chi connectivity index (χ1) is 12.0. The molecule has 8 nitrogen and oxygen atoms in total. The Hall–Kier alpha value is -1.31. The van der Waals surface area contributed by atoms with Crippen LogP contribution in [-0.4, -0.2) is 50.3 Å². The number of pyridine rings is 1. The summed E-state index contributed by atoms with van der Waals surface area (Å²) in [4.78, 5) is 15.6. The van der Waals surface area contributed by atoms with Crippen LogP contribution in [0.4, 0.5) is 0 Å². The van der Waals surface area contributed by atoms with Crippen molar-refractivity contribution >= 4 is 13.6 Å². The van der Waals surface area contributed by atoms with Crippen LogP contribution in [0.3, 0.4) is 0 Å². The third-order valence-electron chi connectivity index (χ3n) is 2.85. The van der Waals surface area contributed by atoms with Crippen molar-refractivity contribution < 1.29 is 32.6 Å². The van der Waals surface area contributed by atoms with Crippen molar-refractivity contribution in [3.63, 3.8) is 0 Å². The molecule has 0 amide bonds. The Morgan fingerprint density at radius 2 is 1.72 bits per heavy atom. The van der Waals surface area contributed by atoms with E-state index in [0.29, 0.717) is 32.0 Å². The highest BCUT2D eigenvalue weighted by molar-refractivity contribution is 7.53. The highest BCUT2D eigenvalue weighted by atomic mass is 31.2. The number of esters is 1. The molecule has 142 valence electrons. The van der Waals surface area contributed by atoms with Gasteiger partial charge in [0.05, 0.1) is 45.2 Å². The summed E-state index contributed by atoms with van der Waals surface area (Å²) in [6.07, 6.45) is 2.95. The molecule has 1 rings (SSSR count). The number of aromatic nitrogens is 1. The molecule has 0 saturated heterocycles. The molecule has 1 aromatic rings. The van der Waals surface area contributed by atoms with E-state index in [1.807, 2.05) is 0 Å². The number of hydrogen-bond donors (Lipinski definition) is 0. The molecule has 0 fully saturated rings. The molecule has 0 unspecified atom stereocenters. The fourth-order valence-electron chi connectivity index (χ4n) is 1.88. The second kappa shape index (κ2) is 12.1. The average molecular weight is 375 g/mol. The van der Waals surface area contributed by atoms with Gasteiger partial charge in [0, 0.05) is 12.4 Å². The van der Waals surface area contributed by atoms with Gasteiger partial charge in [-0.15, -0.1) is 0 Å². The van der Waals surface area contributed by atoms with E-state index in [1.165, 1.54) is 6.20 Å².